The molecule has 146 valence electrons. The van der Waals surface area contributed by atoms with Gasteiger partial charge in [0.05, 0.1) is 11.1 Å². The van der Waals surface area contributed by atoms with Gasteiger partial charge < -0.3 is 9.42 Å². The van der Waals surface area contributed by atoms with Gasteiger partial charge in [0.25, 0.3) is 5.89 Å². The van der Waals surface area contributed by atoms with E-state index in [-0.39, 0.29) is 0 Å². The Labute approximate surface area is 174 Å². The van der Waals surface area contributed by atoms with E-state index in [0.29, 0.717) is 16.7 Å². The van der Waals surface area contributed by atoms with Gasteiger partial charge in [0.15, 0.2) is 0 Å². The fourth-order valence-corrected chi connectivity index (χ4v) is 3.91. The van der Waals surface area contributed by atoms with Gasteiger partial charge in [-0.1, -0.05) is 41.9 Å². The molecule has 0 radical (unpaired) electrons. The van der Waals surface area contributed by atoms with Crippen molar-refractivity contribution in [3.63, 3.8) is 0 Å². The third-order valence-corrected chi connectivity index (χ3v) is 5.82. The van der Waals surface area contributed by atoms with Crippen LogP contribution in [0.25, 0.3) is 33.7 Å². The van der Waals surface area contributed by atoms with Gasteiger partial charge in [-0.3, -0.25) is 0 Å². The smallest absolute Gasteiger partial charge is 0.259 e. The van der Waals surface area contributed by atoms with Gasteiger partial charge in [0, 0.05) is 29.1 Å². The topological polar surface area (TPSA) is 55.1 Å². The summed E-state index contributed by atoms with van der Waals surface area (Å²) >= 11 is 5.99. The molecule has 1 saturated heterocycles. The van der Waals surface area contributed by atoms with Crippen LogP contribution in [-0.4, -0.2) is 28.2 Å². The van der Waals surface area contributed by atoms with Crippen LogP contribution in [-0.2, 0) is 0 Å². The summed E-state index contributed by atoms with van der Waals surface area (Å²) in [6.07, 6.45) is 2.37. The standard InChI is InChI=1S/C23H21ClN4O/c1-15-10-12-28(13-11-15)21-14-19(18-4-2-3-5-20(18)25-21)23-26-22(27-29-23)16-6-8-17(24)9-7-16/h2-9,14-15H,10-13H2,1H3. The Balaban J connectivity index is 1.58. The predicted octanol–water partition coefficient (Wildman–Crippen LogP) is 5.84. The molecule has 29 heavy (non-hydrogen) atoms. The maximum atomic E-state index is 5.99. The average molecular weight is 405 g/mol. The van der Waals surface area contributed by atoms with Gasteiger partial charge >= 0.3 is 0 Å². The molecule has 5 nitrogen and oxygen atoms in total. The molecule has 1 aliphatic heterocycles. The monoisotopic (exact) mass is 404 g/mol. The van der Waals surface area contributed by atoms with Crippen molar-refractivity contribution in [2.45, 2.75) is 19.8 Å². The van der Waals surface area contributed by atoms with Crippen molar-refractivity contribution < 1.29 is 4.52 Å². The summed E-state index contributed by atoms with van der Waals surface area (Å²) in [5, 5.41) is 5.87. The second-order valence-electron chi connectivity index (χ2n) is 7.64. The van der Waals surface area contributed by atoms with Gasteiger partial charge in [-0.25, -0.2) is 4.98 Å². The van der Waals surface area contributed by atoms with Crippen LogP contribution in [0.3, 0.4) is 0 Å². The Morgan fingerprint density at radius 3 is 2.55 bits per heavy atom. The zero-order valence-electron chi connectivity index (χ0n) is 16.2. The van der Waals surface area contributed by atoms with E-state index in [2.05, 4.69) is 28.0 Å². The number of para-hydroxylation sites is 1. The van der Waals surface area contributed by atoms with E-state index in [1.807, 2.05) is 48.5 Å². The molecule has 2 aromatic carbocycles. The molecule has 0 saturated carbocycles. The molecule has 0 aliphatic carbocycles. The molecule has 0 spiro atoms. The number of piperidine rings is 1. The lowest BCUT2D eigenvalue weighted by atomic mass is 9.99. The Morgan fingerprint density at radius 2 is 1.76 bits per heavy atom. The van der Waals surface area contributed by atoms with Crippen LogP contribution in [0.4, 0.5) is 5.82 Å². The zero-order chi connectivity index (χ0) is 19.8. The van der Waals surface area contributed by atoms with Crippen LogP contribution < -0.4 is 4.90 Å². The minimum atomic E-state index is 0.500. The van der Waals surface area contributed by atoms with Crippen molar-refractivity contribution in [2.24, 2.45) is 5.92 Å². The maximum absolute atomic E-state index is 5.99. The number of rotatable bonds is 3. The van der Waals surface area contributed by atoms with E-state index < -0.39 is 0 Å². The molecule has 0 N–H and O–H groups in total. The molecule has 1 fully saturated rings. The number of fused-ring (bicyclic) bond motifs is 1. The summed E-state index contributed by atoms with van der Waals surface area (Å²) in [6.45, 7) is 4.35. The Bertz CT molecular complexity index is 1150. The van der Waals surface area contributed by atoms with Crippen molar-refractivity contribution in [1.82, 2.24) is 15.1 Å². The number of aromatic nitrogens is 3. The van der Waals surface area contributed by atoms with E-state index in [0.717, 1.165) is 46.9 Å². The molecule has 1 aliphatic rings. The molecule has 4 aromatic rings. The predicted molar refractivity (Wildman–Crippen MR) is 116 cm³/mol. The minimum Gasteiger partial charge on any atom is -0.357 e. The second-order valence-corrected chi connectivity index (χ2v) is 8.08. The zero-order valence-corrected chi connectivity index (χ0v) is 16.9. The van der Waals surface area contributed by atoms with Crippen LogP contribution in [0, 0.1) is 5.92 Å². The average Bonchev–Trinajstić information content (AvgIpc) is 3.24. The number of nitrogens with zero attached hydrogens (tertiary/aromatic N) is 4. The lowest BCUT2D eigenvalue weighted by molar-refractivity contribution is 0.432. The molecular weight excluding hydrogens is 384 g/mol. The first-order chi connectivity index (χ1) is 14.2. The van der Waals surface area contributed by atoms with Crippen molar-refractivity contribution in [2.75, 3.05) is 18.0 Å². The molecule has 0 bridgehead atoms. The minimum absolute atomic E-state index is 0.500. The summed E-state index contributed by atoms with van der Waals surface area (Å²) in [7, 11) is 0. The van der Waals surface area contributed by atoms with E-state index in [1.165, 1.54) is 12.8 Å². The highest BCUT2D eigenvalue weighted by atomic mass is 35.5. The quantitative estimate of drug-likeness (QED) is 0.429. The van der Waals surface area contributed by atoms with Crippen LogP contribution in [0.2, 0.25) is 5.02 Å². The third-order valence-electron chi connectivity index (χ3n) is 5.57. The molecule has 0 unspecified atom stereocenters. The highest BCUT2D eigenvalue weighted by Gasteiger charge is 2.21. The first-order valence-electron chi connectivity index (χ1n) is 9.92. The summed E-state index contributed by atoms with van der Waals surface area (Å²) in [5.74, 6) is 2.78. The van der Waals surface area contributed by atoms with E-state index in [1.54, 1.807) is 0 Å². The maximum Gasteiger partial charge on any atom is 0.259 e. The van der Waals surface area contributed by atoms with Crippen molar-refractivity contribution in [1.29, 1.82) is 0 Å². The van der Waals surface area contributed by atoms with Gasteiger partial charge in [0.2, 0.25) is 5.82 Å². The fourth-order valence-electron chi connectivity index (χ4n) is 3.79. The van der Waals surface area contributed by atoms with E-state index in [4.69, 9.17) is 21.1 Å². The Morgan fingerprint density at radius 1 is 1.00 bits per heavy atom. The largest absolute Gasteiger partial charge is 0.357 e. The van der Waals surface area contributed by atoms with Crippen molar-refractivity contribution >= 4 is 28.3 Å². The highest BCUT2D eigenvalue weighted by molar-refractivity contribution is 6.30. The Kier molecular flexibility index (Phi) is 4.68. The van der Waals surface area contributed by atoms with Crippen LogP contribution in [0.15, 0.2) is 59.1 Å². The molecule has 6 heteroatoms. The Hall–Kier alpha value is -2.92. The van der Waals surface area contributed by atoms with E-state index >= 15 is 0 Å². The molecule has 2 aromatic heterocycles. The number of hydrogen-bond acceptors (Lipinski definition) is 5. The van der Waals surface area contributed by atoms with Crippen molar-refractivity contribution in [3.8, 4) is 22.8 Å². The van der Waals surface area contributed by atoms with Gasteiger partial charge in [-0.05, 0) is 55.2 Å². The van der Waals surface area contributed by atoms with Crippen LogP contribution in [0.5, 0.6) is 0 Å². The summed E-state index contributed by atoms with van der Waals surface area (Å²) < 4.78 is 5.66. The highest BCUT2D eigenvalue weighted by Crippen LogP contribution is 2.33. The van der Waals surface area contributed by atoms with Crippen LogP contribution >= 0.6 is 11.6 Å². The molecule has 3 heterocycles. The number of anilines is 1. The van der Waals surface area contributed by atoms with Gasteiger partial charge in [0.1, 0.15) is 5.82 Å². The number of halogens is 1. The summed E-state index contributed by atoms with van der Waals surface area (Å²) in [4.78, 5) is 11.9. The summed E-state index contributed by atoms with van der Waals surface area (Å²) in [5.41, 5.74) is 2.72. The van der Waals surface area contributed by atoms with Crippen LogP contribution in [0.1, 0.15) is 19.8 Å². The fraction of sp³-hybridized carbons (Fsp3) is 0.261. The van der Waals surface area contributed by atoms with Gasteiger partial charge in [-0.2, -0.15) is 4.98 Å². The SMILES string of the molecule is CC1CCN(c2cc(-c3nc(-c4ccc(Cl)cc4)no3)c3ccccc3n2)CC1. The molecule has 5 rings (SSSR count). The first-order valence-corrected chi connectivity index (χ1v) is 10.3. The number of benzene rings is 2. The number of pyridine rings is 1. The molecule has 0 atom stereocenters. The molecule has 0 amide bonds. The van der Waals surface area contributed by atoms with Crippen molar-refractivity contribution in [3.05, 3.63) is 59.6 Å². The summed E-state index contributed by atoms with van der Waals surface area (Å²) in [6, 6.07) is 17.6. The lowest BCUT2D eigenvalue weighted by Gasteiger charge is -2.31. The first kappa shape index (κ1) is 18.1. The van der Waals surface area contributed by atoms with Gasteiger partial charge in [-0.15, -0.1) is 0 Å². The normalized spacial score (nSPS) is 15.2. The van der Waals surface area contributed by atoms with E-state index in [9.17, 15) is 0 Å². The second kappa shape index (κ2) is 7.48. The lowest BCUT2D eigenvalue weighted by Crippen LogP contribution is -2.33. The molecular formula is C23H21ClN4O. The third kappa shape index (κ3) is 3.58. The number of hydrogen-bond donors (Lipinski definition) is 0.